The second kappa shape index (κ2) is 7.65. The van der Waals surface area contributed by atoms with E-state index in [2.05, 4.69) is 31.3 Å². The molecule has 7 nitrogen and oxygen atoms in total. The number of anilines is 1. The maximum atomic E-state index is 12.5. The van der Waals surface area contributed by atoms with Gasteiger partial charge in [-0.1, -0.05) is 0 Å². The van der Waals surface area contributed by atoms with E-state index in [9.17, 15) is 4.79 Å². The third kappa shape index (κ3) is 3.75. The van der Waals surface area contributed by atoms with Crippen molar-refractivity contribution >= 4 is 28.7 Å². The molecule has 1 N–H and O–H groups in total. The van der Waals surface area contributed by atoms with Crippen LogP contribution in [-0.4, -0.2) is 64.7 Å². The number of thiazole rings is 1. The standard InChI is InChI=1S/C18H20N6OS/c25-18(22-17-21-16(13-26-17)14-1-5-19-6-2-14)24-11-9-23(10-12-24)15-3-7-20-8-4-15/h1-3,5-7,13H,4,8-12H2,(H,21,22,25). The molecule has 0 aliphatic carbocycles. The Morgan fingerprint density at radius 1 is 1.15 bits per heavy atom. The smallest absolute Gasteiger partial charge is 0.323 e. The van der Waals surface area contributed by atoms with Crippen LogP contribution in [0, 0.1) is 0 Å². The molecular formula is C18H20N6OS. The van der Waals surface area contributed by atoms with Gasteiger partial charge in [0.05, 0.1) is 5.69 Å². The molecule has 0 spiro atoms. The summed E-state index contributed by atoms with van der Waals surface area (Å²) in [6.07, 6.45) is 8.41. The summed E-state index contributed by atoms with van der Waals surface area (Å²) in [6, 6.07) is 3.73. The predicted octanol–water partition coefficient (Wildman–Crippen LogP) is 2.71. The molecule has 134 valence electrons. The van der Waals surface area contributed by atoms with Gasteiger partial charge in [-0.05, 0) is 18.2 Å². The van der Waals surface area contributed by atoms with Crippen LogP contribution in [0.1, 0.15) is 6.42 Å². The molecule has 0 radical (unpaired) electrons. The molecule has 0 unspecified atom stereocenters. The minimum absolute atomic E-state index is 0.0838. The van der Waals surface area contributed by atoms with E-state index >= 15 is 0 Å². The largest absolute Gasteiger partial charge is 0.371 e. The summed E-state index contributed by atoms with van der Waals surface area (Å²) in [5.41, 5.74) is 3.17. The highest BCUT2D eigenvalue weighted by molar-refractivity contribution is 7.14. The Balaban J connectivity index is 1.33. The number of piperazine rings is 1. The number of pyridine rings is 1. The van der Waals surface area contributed by atoms with Crippen LogP contribution in [-0.2, 0) is 0 Å². The van der Waals surface area contributed by atoms with Gasteiger partial charge in [0.1, 0.15) is 0 Å². The second-order valence-electron chi connectivity index (χ2n) is 6.14. The van der Waals surface area contributed by atoms with Crippen LogP contribution in [0.2, 0.25) is 0 Å². The van der Waals surface area contributed by atoms with Gasteiger partial charge in [-0.2, -0.15) is 0 Å². The molecule has 2 aliphatic heterocycles. The lowest BCUT2D eigenvalue weighted by molar-refractivity contribution is 0.165. The monoisotopic (exact) mass is 368 g/mol. The van der Waals surface area contributed by atoms with Gasteiger partial charge in [0.2, 0.25) is 0 Å². The molecule has 2 amide bonds. The summed E-state index contributed by atoms with van der Waals surface area (Å²) in [5.74, 6) is 0. The molecule has 26 heavy (non-hydrogen) atoms. The quantitative estimate of drug-likeness (QED) is 0.904. The number of hydrogen-bond acceptors (Lipinski definition) is 6. The van der Waals surface area contributed by atoms with E-state index in [-0.39, 0.29) is 6.03 Å². The molecule has 8 heteroatoms. The van der Waals surface area contributed by atoms with Gasteiger partial charge < -0.3 is 9.80 Å². The third-order valence-corrected chi connectivity index (χ3v) is 5.29. The van der Waals surface area contributed by atoms with E-state index in [4.69, 9.17) is 0 Å². The Hall–Kier alpha value is -2.74. The van der Waals surface area contributed by atoms with E-state index < -0.39 is 0 Å². The van der Waals surface area contributed by atoms with Gasteiger partial charge >= 0.3 is 6.03 Å². The number of dihydropyridines is 1. The average molecular weight is 368 g/mol. The van der Waals surface area contributed by atoms with Gasteiger partial charge in [0, 0.05) is 74.4 Å². The highest BCUT2D eigenvalue weighted by Crippen LogP contribution is 2.24. The number of aromatic nitrogens is 2. The number of carbonyl (C=O) groups excluding carboxylic acids is 1. The number of carbonyl (C=O) groups is 1. The number of hydrogen-bond donors (Lipinski definition) is 1. The van der Waals surface area contributed by atoms with Crippen molar-refractivity contribution in [1.29, 1.82) is 0 Å². The number of nitrogens with zero attached hydrogens (tertiary/aromatic N) is 5. The van der Waals surface area contributed by atoms with Crippen molar-refractivity contribution in [2.24, 2.45) is 4.99 Å². The number of nitrogens with one attached hydrogen (secondary N) is 1. The number of rotatable bonds is 3. The van der Waals surface area contributed by atoms with Crippen LogP contribution in [0.15, 0.2) is 46.7 Å². The molecule has 0 bridgehead atoms. The first-order chi connectivity index (χ1) is 12.8. The summed E-state index contributed by atoms with van der Waals surface area (Å²) in [7, 11) is 0. The molecule has 4 heterocycles. The third-order valence-electron chi connectivity index (χ3n) is 4.54. The summed E-state index contributed by atoms with van der Waals surface area (Å²) < 4.78 is 0. The molecule has 4 rings (SSSR count). The van der Waals surface area contributed by atoms with Crippen LogP contribution in [0.4, 0.5) is 9.93 Å². The Morgan fingerprint density at radius 2 is 1.96 bits per heavy atom. The highest BCUT2D eigenvalue weighted by atomic mass is 32.1. The number of amides is 2. The molecule has 0 saturated carbocycles. The van der Waals surface area contributed by atoms with Crippen molar-refractivity contribution < 1.29 is 4.79 Å². The van der Waals surface area contributed by atoms with Crippen LogP contribution in [0.3, 0.4) is 0 Å². The lowest BCUT2D eigenvalue weighted by atomic mass is 10.2. The van der Waals surface area contributed by atoms with Crippen molar-refractivity contribution in [1.82, 2.24) is 19.8 Å². The SMILES string of the molecule is O=C(Nc1nc(-c2ccncc2)cs1)N1CCN(C2=CC=NCC2)CC1. The van der Waals surface area contributed by atoms with Crippen LogP contribution in [0.25, 0.3) is 11.3 Å². The van der Waals surface area contributed by atoms with Crippen molar-refractivity contribution in [2.75, 3.05) is 38.0 Å². The van der Waals surface area contributed by atoms with Crippen LogP contribution in [0.5, 0.6) is 0 Å². The van der Waals surface area contributed by atoms with Crippen LogP contribution >= 0.6 is 11.3 Å². The van der Waals surface area contributed by atoms with Crippen molar-refractivity contribution in [3.8, 4) is 11.3 Å². The fourth-order valence-corrected chi connectivity index (χ4v) is 3.80. The minimum Gasteiger partial charge on any atom is -0.371 e. The number of allylic oxidation sites excluding steroid dienone is 1. The average Bonchev–Trinajstić information content (AvgIpc) is 3.18. The molecule has 1 saturated heterocycles. The van der Waals surface area contributed by atoms with E-state index in [0.29, 0.717) is 18.2 Å². The van der Waals surface area contributed by atoms with Gasteiger partial charge in [-0.25, -0.2) is 9.78 Å². The maximum Gasteiger partial charge on any atom is 0.323 e. The molecule has 2 aromatic heterocycles. The highest BCUT2D eigenvalue weighted by Gasteiger charge is 2.23. The zero-order valence-electron chi connectivity index (χ0n) is 14.3. The lowest BCUT2D eigenvalue weighted by Crippen LogP contribution is -2.49. The van der Waals surface area contributed by atoms with Crippen molar-refractivity contribution in [3.05, 3.63) is 41.7 Å². The Kier molecular flexibility index (Phi) is 4.92. The van der Waals surface area contributed by atoms with Crippen molar-refractivity contribution in [2.45, 2.75) is 6.42 Å². The first-order valence-electron chi connectivity index (χ1n) is 8.65. The zero-order valence-corrected chi connectivity index (χ0v) is 15.2. The summed E-state index contributed by atoms with van der Waals surface area (Å²) in [5, 5.41) is 5.49. The lowest BCUT2D eigenvalue weighted by Gasteiger charge is -2.37. The van der Waals surface area contributed by atoms with E-state index in [1.54, 1.807) is 12.4 Å². The van der Waals surface area contributed by atoms with Gasteiger partial charge in [0.15, 0.2) is 5.13 Å². The molecule has 2 aliphatic rings. The van der Waals surface area contributed by atoms with Gasteiger partial charge in [0.25, 0.3) is 0 Å². The number of urea groups is 1. The van der Waals surface area contributed by atoms with E-state index in [1.807, 2.05) is 28.6 Å². The summed E-state index contributed by atoms with van der Waals surface area (Å²) in [6.45, 7) is 3.99. The molecule has 0 aromatic carbocycles. The maximum absolute atomic E-state index is 12.5. The Bertz CT molecular complexity index is 823. The Labute approximate surface area is 156 Å². The molecule has 1 fully saturated rings. The first kappa shape index (κ1) is 16.7. The van der Waals surface area contributed by atoms with Gasteiger partial charge in [-0.15, -0.1) is 11.3 Å². The molecule has 0 atom stereocenters. The minimum atomic E-state index is -0.0838. The molecular weight excluding hydrogens is 348 g/mol. The zero-order chi connectivity index (χ0) is 17.8. The van der Waals surface area contributed by atoms with Crippen LogP contribution < -0.4 is 5.32 Å². The Morgan fingerprint density at radius 3 is 2.69 bits per heavy atom. The predicted molar refractivity (Wildman–Crippen MR) is 104 cm³/mol. The first-order valence-corrected chi connectivity index (χ1v) is 9.53. The summed E-state index contributed by atoms with van der Waals surface area (Å²) in [4.78, 5) is 29.4. The topological polar surface area (TPSA) is 73.7 Å². The molecule has 2 aromatic rings. The fourth-order valence-electron chi connectivity index (χ4n) is 3.09. The second-order valence-corrected chi connectivity index (χ2v) is 7.00. The van der Waals surface area contributed by atoms with Crippen molar-refractivity contribution in [3.63, 3.8) is 0 Å². The van der Waals surface area contributed by atoms with E-state index in [1.165, 1.54) is 17.0 Å². The number of aliphatic imine (C=N–C) groups is 1. The normalized spacial score (nSPS) is 17.2. The fraction of sp³-hybridized carbons (Fsp3) is 0.333. The van der Waals surface area contributed by atoms with E-state index in [0.717, 1.165) is 37.3 Å². The summed E-state index contributed by atoms with van der Waals surface area (Å²) >= 11 is 1.44. The van der Waals surface area contributed by atoms with Gasteiger partial charge in [-0.3, -0.25) is 15.3 Å².